The second-order valence-corrected chi connectivity index (χ2v) is 5.71. The standard InChI is InChI=1S/C6H10BrN3O3S/c1-5-9-6(13-10-5)2-3-8-14(11,12)4-7/h8H,2-4H2,1H3. The van der Waals surface area contributed by atoms with Crippen molar-refractivity contribution in [3.8, 4) is 0 Å². The van der Waals surface area contributed by atoms with Crippen LogP contribution in [0.2, 0.25) is 0 Å². The molecule has 1 heterocycles. The number of nitrogens with zero attached hydrogens (tertiary/aromatic N) is 2. The number of aryl methyl sites for hydroxylation is 1. The van der Waals surface area contributed by atoms with E-state index in [1.165, 1.54) is 0 Å². The van der Waals surface area contributed by atoms with Crippen LogP contribution in [0.1, 0.15) is 11.7 Å². The maximum atomic E-state index is 11.0. The zero-order chi connectivity index (χ0) is 10.6. The molecule has 0 fully saturated rings. The first kappa shape index (κ1) is 11.6. The zero-order valence-corrected chi connectivity index (χ0v) is 9.93. The van der Waals surface area contributed by atoms with Crippen LogP contribution >= 0.6 is 15.9 Å². The normalized spacial score (nSPS) is 11.9. The molecule has 8 heteroatoms. The van der Waals surface area contributed by atoms with Crippen LogP contribution in [-0.2, 0) is 16.4 Å². The van der Waals surface area contributed by atoms with Gasteiger partial charge in [0.1, 0.15) is 4.66 Å². The molecular formula is C6H10BrN3O3S. The van der Waals surface area contributed by atoms with Gasteiger partial charge in [0, 0.05) is 13.0 Å². The van der Waals surface area contributed by atoms with Crippen molar-refractivity contribution in [3.63, 3.8) is 0 Å². The number of hydrogen-bond acceptors (Lipinski definition) is 5. The van der Waals surface area contributed by atoms with E-state index in [1.807, 2.05) is 0 Å². The van der Waals surface area contributed by atoms with E-state index in [4.69, 9.17) is 4.52 Å². The quantitative estimate of drug-likeness (QED) is 0.780. The Morgan fingerprint density at radius 2 is 2.29 bits per heavy atom. The number of rotatable bonds is 5. The molecule has 1 aromatic rings. The van der Waals surface area contributed by atoms with E-state index in [9.17, 15) is 8.42 Å². The van der Waals surface area contributed by atoms with Crippen molar-refractivity contribution in [1.82, 2.24) is 14.9 Å². The van der Waals surface area contributed by atoms with Gasteiger partial charge < -0.3 is 4.52 Å². The maximum absolute atomic E-state index is 11.0. The predicted octanol–water partition coefficient (Wildman–Crippen LogP) is 0.192. The SMILES string of the molecule is Cc1noc(CCNS(=O)(=O)CBr)n1. The Hall–Kier alpha value is -0.470. The van der Waals surface area contributed by atoms with Crippen LogP contribution in [0.15, 0.2) is 4.52 Å². The van der Waals surface area contributed by atoms with E-state index in [1.54, 1.807) is 6.92 Å². The molecule has 0 bridgehead atoms. The monoisotopic (exact) mass is 283 g/mol. The second kappa shape index (κ2) is 4.85. The molecule has 1 aromatic heterocycles. The molecule has 0 saturated heterocycles. The summed E-state index contributed by atoms with van der Waals surface area (Å²) in [5, 5.41) is 3.58. The van der Waals surface area contributed by atoms with Crippen LogP contribution in [0.5, 0.6) is 0 Å². The van der Waals surface area contributed by atoms with Crippen molar-refractivity contribution in [1.29, 1.82) is 0 Å². The molecule has 0 aliphatic carbocycles. The molecule has 0 atom stereocenters. The molecule has 1 N–H and O–H groups in total. The lowest BCUT2D eigenvalue weighted by atomic mass is 10.4. The van der Waals surface area contributed by atoms with Gasteiger partial charge in [0.25, 0.3) is 0 Å². The topological polar surface area (TPSA) is 85.1 Å². The molecule has 0 saturated carbocycles. The van der Waals surface area contributed by atoms with Gasteiger partial charge in [-0.3, -0.25) is 0 Å². The zero-order valence-electron chi connectivity index (χ0n) is 7.53. The Labute approximate surface area is 90.3 Å². The van der Waals surface area contributed by atoms with E-state index < -0.39 is 10.0 Å². The van der Waals surface area contributed by atoms with E-state index in [0.29, 0.717) is 18.1 Å². The third-order valence-electron chi connectivity index (χ3n) is 1.37. The highest BCUT2D eigenvalue weighted by Gasteiger charge is 2.08. The van der Waals surface area contributed by atoms with Crippen LogP contribution < -0.4 is 4.72 Å². The fourth-order valence-corrected chi connectivity index (χ4v) is 1.77. The summed E-state index contributed by atoms with van der Waals surface area (Å²) < 4.78 is 29.0. The van der Waals surface area contributed by atoms with Gasteiger partial charge in [-0.1, -0.05) is 21.1 Å². The van der Waals surface area contributed by atoms with Gasteiger partial charge in [-0.15, -0.1) is 0 Å². The molecule has 0 aliphatic heterocycles. The first-order chi connectivity index (χ1) is 6.53. The Balaban J connectivity index is 2.36. The van der Waals surface area contributed by atoms with Gasteiger partial charge in [0.15, 0.2) is 5.82 Å². The van der Waals surface area contributed by atoms with Gasteiger partial charge in [-0.2, -0.15) is 4.98 Å². The Bertz CT molecular complexity index is 389. The molecule has 0 aromatic carbocycles. The average molecular weight is 284 g/mol. The molecule has 0 radical (unpaired) electrons. The Morgan fingerprint density at radius 3 is 2.79 bits per heavy atom. The van der Waals surface area contributed by atoms with Gasteiger partial charge in [0.2, 0.25) is 15.9 Å². The summed E-state index contributed by atoms with van der Waals surface area (Å²) in [6, 6.07) is 0. The molecule has 0 aliphatic rings. The largest absolute Gasteiger partial charge is 0.339 e. The smallest absolute Gasteiger partial charge is 0.227 e. The fraction of sp³-hybridized carbons (Fsp3) is 0.667. The van der Waals surface area contributed by atoms with Crippen molar-refractivity contribution in [2.75, 3.05) is 11.2 Å². The first-order valence-corrected chi connectivity index (χ1v) is 6.63. The van der Waals surface area contributed by atoms with E-state index >= 15 is 0 Å². The minimum absolute atomic E-state index is 0.108. The van der Waals surface area contributed by atoms with E-state index in [2.05, 4.69) is 30.8 Å². The lowest BCUT2D eigenvalue weighted by Crippen LogP contribution is -2.26. The summed E-state index contributed by atoms with van der Waals surface area (Å²) in [6.07, 6.45) is 0.396. The minimum Gasteiger partial charge on any atom is -0.339 e. The number of alkyl halides is 1. The predicted molar refractivity (Wildman–Crippen MR) is 53.5 cm³/mol. The summed E-state index contributed by atoms with van der Waals surface area (Å²) in [4.78, 5) is 3.93. The van der Waals surface area contributed by atoms with Gasteiger partial charge >= 0.3 is 0 Å². The molecule has 14 heavy (non-hydrogen) atoms. The van der Waals surface area contributed by atoms with Crippen molar-refractivity contribution >= 4 is 26.0 Å². The van der Waals surface area contributed by atoms with Crippen LogP contribution in [0, 0.1) is 6.92 Å². The lowest BCUT2D eigenvalue weighted by Gasteiger charge is -1.99. The second-order valence-electron chi connectivity index (χ2n) is 2.60. The molecule has 0 amide bonds. The Kier molecular flexibility index (Phi) is 4.02. The van der Waals surface area contributed by atoms with Crippen LogP contribution in [0.25, 0.3) is 0 Å². The summed E-state index contributed by atoms with van der Waals surface area (Å²) in [5.41, 5.74) is 0. The highest BCUT2D eigenvalue weighted by molar-refractivity contribution is 9.10. The van der Waals surface area contributed by atoms with Crippen molar-refractivity contribution in [2.24, 2.45) is 0 Å². The molecule has 0 spiro atoms. The summed E-state index contributed by atoms with van der Waals surface area (Å²) in [6.45, 7) is 1.96. The molecule has 80 valence electrons. The molecule has 6 nitrogen and oxygen atoms in total. The minimum atomic E-state index is -3.21. The third-order valence-corrected chi connectivity index (χ3v) is 4.11. The van der Waals surface area contributed by atoms with Crippen molar-refractivity contribution < 1.29 is 12.9 Å². The number of aromatic nitrogens is 2. The van der Waals surface area contributed by atoms with Crippen LogP contribution in [0.4, 0.5) is 0 Å². The Morgan fingerprint density at radius 1 is 1.57 bits per heavy atom. The van der Waals surface area contributed by atoms with E-state index in [0.717, 1.165) is 0 Å². The number of halogens is 1. The fourth-order valence-electron chi connectivity index (χ4n) is 0.794. The number of hydrogen-bond donors (Lipinski definition) is 1. The average Bonchev–Trinajstić information content (AvgIpc) is 2.51. The lowest BCUT2D eigenvalue weighted by molar-refractivity contribution is 0.375. The summed E-state index contributed by atoms with van der Waals surface area (Å²) >= 11 is 2.86. The number of sulfonamides is 1. The highest BCUT2D eigenvalue weighted by Crippen LogP contribution is 1.97. The molecule has 0 unspecified atom stereocenters. The van der Waals surface area contributed by atoms with Gasteiger partial charge in [0.05, 0.1) is 0 Å². The van der Waals surface area contributed by atoms with Crippen molar-refractivity contribution in [2.45, 2.75) is 13.3 Å². The summed E-state index contributed by atoms with van der Waals surface area (Å²) in [7, 11) is -3.21. The highest BCUT2D eigenvalue weighted by atomic mass is 79.9. The maximum Gasteiger partial charge on any atom is 0.227 e. The van der Waals surface area contributed by atoms with Gasteiger partial charge in [-0.25, -0.2) is 13.1 Å². The number of nitrogens with one attached hydrogen (secondary N) is 1. The van der Waals surface area contributed by atoms with Crippen molar-refractivity contribution in [3.05, 3.63) is 11.7 Å². The van der Waals surface area contributed by atoms with Crippen LogP contribution in [0.3, 0.4) is 0 Å². The molecule has 1 rings (SSSR count). The third kappa shape index (κ3) is 3.72. The first-order valence-electron chi connectivity index (χ1n) is 3.86. The van der Waals surface area contributed by atoms with Crippen LogP contribution in [-0.4, -0.2) is 29.8 Å². The van der Waals surface area contributed by atoms with E-state index in [-0.39, 0.29) is 11.2 Å². The molecular weight excluding hydrogens is 274 g/mol. The van der Waals surface area contributed by atoms with Gasteiger partial charge in [-0.05, 0) is 6.92 Å². The summed E-state index contributed by atoms with van der Waals surface area (Å²) in [5.74, 6) is 0.975.